The molecule has 0 aromatic heterocycles. The number of rotatable bonds is 9. The summed E-state index contributed by atoms with van der Waals surface area (Å²) in [6.07, 6.45) is 4.38. The maximum absolute atomic E-state index is 11.0. The fourth-order valence-electron chi connectivity index (χ4n) is 2.40. The molecule has 0 saturated heterocycles. The van der Waals surface area contributed by atoms with E-state index in [1.165, 1.54) is 17.7 Å². The van der Waals surface area contributed by atoms with E-state index < -0.39 is 9.85 Å². The van der Waals surface area contributed by atoms with Crippen molar-refractivity contribution in [1.82, 2.24) is 0 Å². The summed E-state index contributed by atoms with van der Waals surface area (Å²) in [6.45, 7) is 2.11. The Morgan fingerprint density at radius 1 is 1.12 bits per heavy atom. The van der Waals surface area contributed by atoms with Gasteiger partial charge in [0.1, 0.15) is 5.69 Å². The van der Waals surface area contributed by atoms with E-state index in [1.807, 2.05) is 18.2 Å². The van der Waals surface area contributed by atoms with Crippen LogP contribution in [-0.4, -0.2) is 16.1 Å². The molecule has 0 heterocycles. The van der Waals surface area contributed by atoms with Crippen LogP contribution >= 0.6 is 0 Å². The maximum atomic E-state index is 11.0. The van der Waals surface area contributed by atoms with Gasteiger partial charge in [0.2, 0.25) is 0 Å². The zero-order valence-corrected chi connectivity index (χ0v) is 14.4. The summed E-state index contributed by atoms with van der Waals surface area (Å²) in [5.74, 6) is 0.410. The normalized spacial score (nSPS) is 12.0. The van der Waals surface area contributed by atoms with Crippen molar-refractivity contribution in [3.63, 3.8) is 0 Å². The number of anilines is 1. The molecule has 0 spiro atoms. The number of hydrogen-bond acceptors (Lipinski definition) is 6. The van der Waals surface area contributed by atoms with Gasteiger partial charge in [0.05, 0.1) is 15.9 Å². The van der Waals surface area contributed by atoms with Crippen LogP contribution < -0.4 is 5.43 Å². The van der Waals surface area contributed by atoms with Crippen LogP contribution in [0.2, 0.25) is 0 Å². The lowest BCUT2D eigenvalue weighted by atomic mass is 9.99. The molecule has 0 bridgehead atoms. The van der Waals surface area contributed by atoms with Gasteiger partial charge in [-0.1, -0.05) is 37.3 Å². The highest BCUT2D eigenvalue weighted by Gasteiger charge is 2.19. The van der Waals surface area contributed by atoms with E-state index in [0.717, 1.165) is 25.3 Å². The van der Waals surface area contributed by atoms with Gasteiger partial charge in [-0.2, -0.15) is 5.10 Å². The predicted octanol–water partition coefficient (Wildman–Crippen LogP) is 4.56. The summed E-state index contributed by atoms with van der Waals surface area (Å²) < 4.78 is 0. The molecular weight excluding hydrogens is 336 g/mol. The fourth-order valence-corrected chi connectivity index (χ4v) is 2.40. The average molecular weight is 356 g/mol. The van der Waals surface area contributed by atoms with Gasteiger partial charge < -0.3 is 0 Å². The number of nitro benzene ring substituents is 2. The first kappa shape index (κ1) is 19.0. The zero-order chi connectivity index (χ0) is 18.9. The van der Waals surface area contributed by atoms with Crippen molar-refractivity contribution in [2.45, 2.75) is 26.2 Å². The maximum Gasteiger partial charge on any atom is 0.301 e. The second-order valence-corrected chi connectivity index (χ2v) is 6.00. The number of aryl methyl sites for hydroxylation is 1. The third-order valence-corrected chi connectivity index (χ3v) is 3.94. The molecule has 0 aliphatic rings. The van der Waals surface area contributed by atoms with E-state index in [1.54, 1.807) is 6.21 Å². The lowest BCUT2D eigenvalue weighted by molar-refractivity contribution is -0.393. The lowest BCUT2D eigenvalue weighted by Gasteiger charge is -2.08. The molecule has 1 unspecified atom stereocenters. The van der Waals surface area contributed by atoms with Gasteiger partial charge in [-0.25, -0.2) is 0 Å². The molecule has 1 N–H and O–H groups in total. The molecule has 0 aliphatic carbocycles. The van der Waals surface area contributed by atoms with Crippen molar-refractivity contribution in [2.75, 3.05) is 5.43 Å². The number of benzene rings is 2. The van der Waals surface area contributed by atoms with E-state index in [2.05, 4.69) is 29.6 Å². The number of nitrogens with zero attached hydrogens (tertiary/aromatic N) is 3. The van der Waals surface area contributed by atoms with Gasteiger partial charge in [-0.05, 0) is 36.8 Å². The molecule has 0 radical (unpaired) electrons. The van der Waals surface area contributed by atoms with Crippen molar-refractivity contribution in [1.29, 1.82) is 0 Å². The molecule has 1 atom stereocenters. The first-order valence-electron chi connectivity index (χ1n) is 8.21. The second-order valence-electron chi connectivity index (χ2n) is 6.00. The minimum atomic E-state index is -0.673. The number of hydrogen-bond donors (Lipinski definition) is 1. The third-order valence-electron chi connectivity index (χ3n) is 3.94. The predicted molar refractivity (Wildman–Crippen MR) is 100 cm³/mol. The summed E-state index contributed by atoms with van der Waals surface area (Å²) >= 11 is 0. The molecule has 8 heteroatoms. The van der Waals surface area contributed by atoms with E-state index in [9.17, 15) is 20.2 Å². The van der Waals surface area contributed by atoms with Gasteiger partial charge in [0.25, 0.3) is 5.69 Å². The van der Waals surface area contributed by atoms with Gasteiger partial charge in [0, 0.05) is 12.3 Å². The van der Waals surface area contributed by atoms with Crippen LogP contribution in [0.4, 0.5) is 17.1 Å². The smallest absolute Gasteiger partial charge is 0.272 e. The number of non-ortho nitro benzene ring substituents is 1. The first-order chi connectivity index (χ1) is 12.5. The second kappa shape index (κ2) is 9.26. The van der Waals surface area contributed by atoms with Crippen molar-refractivity contribution < 1.29 is 9.85 Å². The molecule has 0 saturated carbocycles. The van der Waals surface area contributed by atoms with Gasteiger partial charge >= 0.3 is 5.69 Å². The first-order valence-corrected chi connectivity index (χ1v) is 8.21. The molecule has 0 aliphatic heterocycles. The summed E-state index contributed by atoms with van der Waals surface area (Å²) in [4.78, 5) is 20.4. The van der Waals surface area contributed by atoms with Crippen LogP contribution in [0.5, 0.6) is 0 Å². The minimum Gasteiger partial charge on any atom is -0.272 e. The molecule has 8 nitrogen and oxygen atoms in total. The topological polar surface area (TPSA) is 111 Å². The Hall–Kier alpha value is -3.29. The monoisotopic (exact) mass is 356 g/mol. The molecule has 2 aromatic carbocycles. The van der Waals surface area contributed by atoms with Gasteiger partial charge in [0.15, 0.2) is 0 Å². The molecule has 0 amide bonds. The zero-order valence-electron chi connectivity index (χ0n) is 14.4. The highest BCUT2D eigenvalue weighted by atomic mass is 16.6. The van der Waals surface area contributed by atoms with Crippen LogP contribution in [0, 0.1) is 26.1 Å². The summed E-state index contributed by atoms with van der Waals surface area (Å²) in [5, 5.41) is 25.8. The van der Waals surface area contributed by atoms with Crippen molar-refractivity contribution >= 4 is 23.3 Å². The van der Waals surface area contributed by atoms with Crippen molar-refractivity contribution in [3.8, 4) is 0 Å². The number of hydrazone groups is 1. The Balaban J connectivity index is 1.87. The average Bonchev–Trinajstić information content (AvgIpc) is 2.64. The number of nitrogens with one attached hydrogen (secondary N) is 1. The van der Waals surface area contributed by atoms with Crippen LogP contribution in [0.25, 0.3) is 0 Å². The van der Waals surface area contributed by atoms with Crippen molar-refractivity contribution in [3.05, 3.63) is 74.3 Å². The van der Waals surface area contributed by atoms with Gasteiger partial charge in [-0.3, -0.25) is 25.7 Å². The van der Waals surface area contributed by atoms with Crippen molar-refractivity contribution in [2.24, 2.45) is 11.0 Å². The Morgan fingerprint density at radius 3 is 2.50 bits per heavy atom. The Labute approximate surface area is 150 Å². The Kier molecular flexibility index (Phi) is 6.78. The van der Waals surface area contributed by atoms with Crippen LogP contribution in [-0.2, 0) is 6.42 Å². The SMILES string of the molecule is CC(CC=NNc1ccc([N+](=O)[O-])cc1[N+](=O)[O-])CCc1ccccc1. The Bertz CT molecular complexity index is 793. The van der Waals surface area contributed by atoms with Crippen LogP contribution in [0.1, 0.15) is 25.3 Å². The molecule has 2 rings (SSSR count). The summed E-state index contributed by atoms with van der Waals surface area (Å²) in [6, 6.07) is 13.6. The summed E-state index contributed by atoms with van der Waals surface area (Å²) in [5.41, 5.74) is 3.29. The Morgan fingerprint density at radius 2 is 1.85 bits per heavy atom. The van der Waals surface area contributed by atoms with Crippen LogP contribution in [0.3, 0.4) is 0 Å². The standard InChI is InChI=1S/C18H20N4O4/c1-14(7-8-15-5-3-2-4-6-15)11-12-19-20-17-10-9-16(21(23)24)13-18(17)22(25)26/h2-6,9-10,12-14,20H,7-8,11H2,1H3. The largest absolute Gasteiger partial charge is 0.301 e. The quantitative estimate of drug-likeness (QED) is 0.402. The minimum absolute atomic E-state index is 0.119. The molecule has 0 fully saturated rings. The lowest BCUT2D eigenvalue weighted by Crippen LogP contribution is -2.01. The van der Waals surface area contributed by atoms with E-state index in [4.69, 9.17) is 0 Å². The molecule has 136 valence electrons. The third kappa shape index (κ3) is 5.66. The molecule has 26 heavy (non-hydrogen) atoms. The fraction of sp³-hybridized carbons (Fsp3) is 0.278. The summed E-state index contributed by atoms with van der Waals surface area (Å²) in [7, 11) is 0. The highest BCUT2D eigenvalue weighted by Crippen LogP contribution is 2.28. The molecule has 2 aromatic rings. The van der Waals surface area contributed by atoms with Gasteiger partial charge in [-0.15, -0.1) is 0 Å². The number of nitro groups is 2. The van der Waals surface area contributed by atoms with E-state index >= 15 is 0 Å². The van der Waals surface area contributed by atoms with E-state index in [-0.39, 0.29) is 17.1 Å². The van der Waals surface area contributed by atoms with Crippen LogP contribution in [0.15, 0.2) is 53.6 Å². The van der Waals surface area contributed by atoms with E-state index in [0.29, 0.717) is 5.92 Å². The molecular formula is C18H20N4O4. The highest BCUT2D eigenvalue weighted by molar-refractivity contribution is 5.67.